The van der Waals surface area contributed by atoms with Crippen LogP contribution in [0.4, 0.5) is 28.7 Å². The Kier molecular flexibility index (Phi) is 9.02. The summed E-state index contributed by atoms with van der Waals surface area (Å²) in [5.41, 5.74) is 8.90. The lowest BCUT2D eigenvalue weighted by atomic mass is 10.1. The number of carbonyl (C=O) groups excluding carboxylic acids is 1. The molecule has 1 fully saturated rings. The van der Waals surface area contributed by atoms with Crippen LogP contribution in [0.25, 0.3) is 11.3 Å². The summed E-state index contributed by atoms with van der Waals surface area (Å²) in [6.45, 7) is 7.97. The summed E-state index contributed by atoms with van der Waals surface area (Å²) in [5.74, 6) is 0.332. The van der Waals surface area contributed by atoms with E-state index in [0.29, 0.717) is 30.3 Å². The summed E-state index contributed by atoms with van der Waals surface area (Å²) in [4.78, 5) is 28.7. The molecule has 0 bridgehead atoms. The molecule has 4 N–H and O–H groups in total. The van der Waals surface area contributed by atoms with Crippen LogP contribution < -0.4 is 16.0 Å². The minimum Gasteiger partial charge on any atom is -0.355 e. The largest absolute Gasteiger partial charge is 0.355 e. The minimum absolute atomic E-state index is 0.0768. The highest BCUT2D eigenvalue weighted by Gasteiger charge is 2.27. The molecule has 0 spiro atoms. The molecule has 2 aromatic heterocycles. The van der Waals surface area contributed by atoms with Crippen LogP contribution in [-0.2, 0) is 6.54 Å². The van der Waals surface area contributed by atoms with Gasteiger partial charge >= 0.3 is 0 Å². The van der Waals surface area contributed by atoms with Crippen LogP contribution in [-0.4, -0.2) is 68.8 Å². The van der Waals surface area contributed by atoms with Crippen LogP contribution in [0.3, 0.4) is 0 Å². The Morgan fingerprint density at radius 3 is 2.28 bits per heavy atom. The van der Waals surface area contributed by atoms with Crippen molar-refractivity contribution < 1.29 is 14.6 Å². The summed E-state index contributed by atoms with van der Waals surface area (Å²) in [6.07, 6.45) is 5.25. The van der Waals surface area contributed by atoms with Gasteiger partial charge in [-0.1, -0.05) is 24.3 Å². The van der Waals surface area contributed by atoms with Crippen LogP contribution in [0, 0.1) is 13.8 Å². The number of benzene rings is 3. The van der Waals surface area contributed by atoms with Crippen LogP contribution in [0.5, 0.6) is 0 Å². The highest BCUT2D eigenvalue weighted by atomic mass is 16.5. The number of hydrogen-bond acceptors (Lipinski definition) is 8. The molecule has 46 heavy (non-hydrogen) atoms. The molecule has 1 aliphatic heterocycles. The van der Waals surface area contributed by atoms with Crippen molar-refractivity contribution in [1.29, 1.82) is 0 Å². The number of carbonyl (C=O) groups is 1. The number of hydrogen-bond donors (Lipinski definition) is 4. The van der Waals surface area contributed by atoms with Gasteiger partial charge in [-0.3, -0.25) is 14.7 Å². The first kappa shape index (κ1) is 30.8. The highest BCUT2D eigenvalue weighted by molar-refractivity contribution is 6.04. The molecule has 1 aliphatic rings. The maximum absolute atomic E-state index is 13.1. The van der Waals surface area contributed by atoms with Gasteiger partial charge < -0.3 is 16.0 Å². The number of rotatable bonds is 9. The summed E-state index contributed by atoms with van der Waals surface area (Å²) >= 11 is 0. The molecule has 3 aromatic carbocycles. The predicted octanol–water partition coefficient (Wildman–Crippen LogP) is 6.55. The number of nitrogens with zero attached hydrogens (tertiary/aromatic N) is 5. The van der Waals surface area contributed by atoms with Gasteiger partial charge in [-0.05, 0) is 85.1 Å². The lowest BCUT2D eigenvalue weighted by molar-refractivity contribution is -1.09. The molecule has 1 amide bonds. The number of likely N-dealkylation sites (N-methyl/N-ethyl adjacent to an activating group) is 1. The maximum atomic E-state index is 13.1. The third kappa shape index (κ3) is 7.73. The summed E-state index contributed by atoms with van der Waals surface area (Å²) in [6, 6.07) is 25.4. The van der Waals surface area contributed by atoms with Crippen molar-refractivity contribution >= 4 is 34.6 Å². The Labute approximate surface area is 269 Å². The van der Waals surface area contributed by atoms with E-state index >= 15 is 0 Å². The van der Waals surface area contributed by atoms with Gasteiger partial charge in [0.05, 0.1) is 25.8 Å². The molecule has 234 valence electrons. The second-order valence-corrected chi connectivity index (χ2v) is 12.0. The minimum atomic E-state index is -0.164. The average molecular weight is 616 g/mol. The first-order chi connectivity index (χ1) is 22.2. The molecule has 10 nitrogen and oxygen atoms in total. The number of aromatic nitrogens is 3. The summed E-state index contributed by atoms with van der Waals surface area (Å²) in [7, 11) is 1.84. The fourth-order valence-electron chi connectivity index (χ4n) is 5.36. The van der Waals surface area contributed by atoms with Gasteiger partial charge in [-0.2, -0.15) is 4.65 Å². The lowest BCUT2D eigenvalue weighted by Crippen LogP contribution is -2.54. The van der Waals surface area contributed by atoms with E-state index in [0.717, 1.165) is 64.6 Å². The van der Waals surface area contributed by atoms with E-state index in [-0.39, 0.29) is 10.6 Å². The number of pyridine rings is 1. The molecular formula is C36H39N8O2+. The number of piperazine rings is 1. The Morgan fingerprint density at radius 2 is 1.57 bits per heavy atom. The molecule has 0 saturated carbocycles. The van der Waals surface area contributed by atoms with E-state index in [1.54, 1.807) is 18.6 Å². The van der Waals surface area contributed by atoms with E-state index in [1.165, 1.54) is 0 Å². The van der Waals surface area contributed by atoms with Crippen LogP contribution in [0.1, 0.15) is 27.0 Å². The second kappa shape index (κ2) is 13.5. The Bertz CT molecular complexity index is 1820. The number of hydroxylamine groups is 3. The average Bonchev–Trinajstić information content (AvgIpc) is 3.06. The number of nitrogens with one attached hydrogen (secondary N) is 3. The number of quaternary nitrogens is 1. The van der Waals surface area contributed by atoms with Gasteiger partial charge in [-0.25, -0.2) is 15.2 Å². The van der Waals surface area contributed by atoms with E-state index in [2.05, 4.69) is 35.8 Å². The first-order valence-electron chi connectivity index (χ1n) is 15.4. The number of amides is 1. The molecule has 0 atom stereocenters. The maximum Gasteiger partial charge on any atom is 0.255 e. The molecular weight excluding hydrogens is 576 g/mol. The van der Waals surface area contributed by atoms with Gasteiger partial charge in [0.25, 0.3) is 5.91 Å². The first-order valence-corrected chi connectivity index (χ1v) is 15.4. The third-order valence-electron chi connectivity index (χ3n) is 8.29. The zero-order chi connectivity index (χ0) is 32.1. The van der Waals surface area contributed by atoms with Gasteiger partial charge in [0.15, 0.2) is 0 Å². The number of aryl methyl sites for hydroxylation is 2. The van der Waals surface area contributed by atoms with Crippen molar-refractivity contribution in [3.05, 3.63) is 120 Å². The fourth-order valence-corrected chi connectivity index (χ4v) is 5.36. The second-order valence-electron chi connectivity index (χ2n) is 12.0. The predicted molar refractivity (Wildman–Crippen MR) is 182 cm³/mol. The lowest BCUT2D eigenvalue weighted by Gasteiger charge is -2.35. The zero-order valence-electron chi connectivity index (χ0n) is 26.4. The summed E-state index contributed by atoms with van der Waals surface area (Å²) in [5, 5.41) is 20.0. The molecule has 0 aliphatic carbocycles. The normalized spacial score (nSPS) is 14.4. The Balaban J connectivity index is 1.10. The van der Waals surface area contributed by atoms with Gasteiger partial charge in [0.2, 0.25) is 5.95 Å². The van der Waals surface area contributed by atoms with Gasteiger partial charge in [-0.15, -0.1) is 0 Å². The highest BCUT2D eigenvalue weighted by Crippen LogP contribution is 2.29. The number of anilines is 5. The van der Waals surface area contributed by atoms with Gasteiger partial charge in [0.1, 0.15) is 13.1 Å². The molecule has 5 aromatic rings. The molecule has 3 heterocycles. The zero-order valence-corrected chi connectivity index (χ0v) is 26.4. The van der Waals surface area contributed by atoms with Gasteiger partial charge in [0, 0.05) is 59.0 Å². The van der Waals surface area contributed by atoms with E-state index in [4.69, 9.17) is 0 Å². The van der Waals surface area contributed by atoms with Crippen molar-refractivity contribution in [2.24, 2.45) is 0 Å². The summed E-state index contributed by atoms with van der Waals surface area (Å²) < 4.78 is 0.0768. The van der Waals surface area contributed by atoms with Crippen molar-refractivity contribution in [3.8, 4) is 11.3 Å². The van der Waals surface area contributed by atoms with Crippen LogP contribution >= 0.6 is 0 Å². The van der Waals surface area contributed by atoms with Crippen LogP contribution in [0.15, 0.2) is 97.5 Å². The van der Waals surface area contributed by atoms with Crippen molar-refractivity contribution in [1.82, 2.24) is 19.9 Å². The standard InChI is InChI=1S/C36H38N8O2/c1-25-7-13-31(40-35(45)28-10-8-27(9-11-28)24-43-17-19-44(3,46)20-18-43)22-33(25)39-30-12-6-26(2)34(21-30)42-36-38-16-14-32(41-36)29-5-4-15-37-23-29/h4-16,21-23,39,46H,17-20,24H2,1-3H3,(H-,38,40,41,42,45)/p+1. The molecule has 1 saturated heterocycles. The van der Waals surface area contributed by atoms with Crippen molar-refractivity contribution in [2.75, 3.05) is 49.2 Å². The topological polar surface area (TPSA) is 115 Å². The van der Waals surface area contributed by atoms with E-state index < -0.39 is 0 Å². The molecule has 0 unspecified atom stereocenters. The SMILES string of the molecule is Cc1ccc(NC(=O)c2ccc(CN3CC[N+](C)(O)CC3)cc2)cc1Nc1ccc(C)c(Nc2nccc(-c3cccnc3)n2)c1. The molecule has 10 heteroatoms. The monoisotopic (exact) mass is 615 g/mol. The Morgan fingerprint density at radius 1 is 0.870 bits per heavy atom. The fraction of sp³-hybridized carbons (Fsp3) is 0.222. The molecule has 0 radical (unpaired) electrons. The molecule has 6 rings (SSSR count). The van der Waals surface area contributed by atoms with Crippen molar-refractivity contribution in [3.63, 3.8) is 0 Å². The Hall–Kier alpha value is -5.16. The quantitative estimate of drug-likeness (QED) is 0.138. The smallest absolute Gasteiger partial charge is 0.255 e. The van der Waals surface area contributed by atoms with E-state index in [9.17, 15) is 10.0 Å². The van der Waals surface area contributed by atoms with Crippen LogP contribution in [0.2, 0.25) is 0 Å². The van der Waals surface area contributed by atoms with Crippen molar-refractivity contribution in [2.45, 2.75) is 20.4 Å². The van der Waals surface area contributed by atoms with E-state index in [1.807, 2.05) is 99.8 Å². The third-order valence-corrected chi connectivity index (χ3v) is 8.29.